The van der Waals surface area contributed by atoms with Crippen LogP contribution in [0.2, 0.25) is 0 Å². The number of unbranched alkanes of at least 4 members (excludes halogenated alkanes) is 10. The fraction of sp³-hybridized carbons (Fsp3) is 0.582. The maximum absolute atomic E-state index is 12.6. The van der Waals surface area contributed by atoms with Gasteiger partial charge in [-0.05, 0) is 109 Å². The van der Waals surface area contributed by atoms with Crippen molar-refractivity contribution in [1.82, 2.24) is 0 Å². The van der Waals surface area contributed by atoms with Crippen molar-refractivity contribution in [2.24, 2.45) is 5.73 Å². The number of rotatable bonds is 45. The van der Waals surface area contributed by atoms with Crippen LogP contribution in [0.25, 0.3) is 0 Å². The molecule has 0 rings (SSSR count). The molecule has 0 heterocycles. The first-order chi connectivity index (χ1) is 31.4. The third-order valence-corrected chi connectivity index (χ3v) is 10.5. The van der Waals surface area contributed by atoms with Crippen LogP contribution in [-0.4, -0.2) is 49.9 Å². The normalized spacial score (nSPS) is 14.5. The molecular weight excluding hydrogens is 818 g/mol. The van der Waals surface area contributed by atoms with Crippen LogP contribution in [0.15, 0.2) is 134 Å². The molecule has 0 fully saturated rings. The first-order valence-electron chi connectivity index (χ1n) is 24.7. The number of phosphoric ester groups is 1. The maximum Gasteiger partial charge on any atom is 0.472 e. The highest BCUT2D eigenvalue weighted by Crippen LogP contribution is 2.43. The van der Waals surface area contributed by atoms with E-state index in [0.29, 0.717) is 13.0 Å². The van der Waals surface area contributed by atoms with Gasteiger partial charge in [-0.2, -0.15) is 0 Å². The molecule has 0 bridgehead atoms. The molecule has 0 radical (unpaired) electrons. The Labute approximate surface area is 391 Å². The Morgan fingerprint density at radius 2 is 0.828 bits per heavy atom. The summed E-state index contributed by atoms with van der Waals surface area (Å²) in [4.78, 5) is 22.6. The topological polar surface area (TPSA) is 117 Å². The summed E-state index contributed by atoms with van der Waals surface area (Å²) in [6.45, 7) is 4.59. The average molecular weight is 908 g/mol. The van der Waals surface area contributed by atoms with Gasteiger partial charge in [-0.25, -0.2) is 4.57 Å². The van der Waals surface area contributed by atoms with Gasteiger partial charge in [0.25, 0.3) is 0 Å². The lowest BCUT2D eigenvalue weighted by molar-refractivity contribution is -0.154. The minimum Gasteiger partial charge on any atom is -0.457 e. The Hall–Kier alpha value is -3.36. The van der Waals surface area contributed by atoms with Gasteiger partial charge in [-0.15, -0.1) is 0 Å². The summed E-state index contributed by atoms with van der Waals surface area (Å²) in [5.74, 6) is -0.372. The number of carbonyl (C=O) groups is 1. The predicted molar refractivity (Wildman–Crippen MR) is 274 cm³/mol. The molecule has 0 saturated heterocycles. The van der Waals surface area contributed by atoms with E-state index in [1.54, 1.807) is 0 Å². The molecule has 0 spiro atoms. The third kappa shape index (κ3) is 49.7. The number of carbonyl (C=O) groups excluding carboxylic acids is 1. The lowest BCUT2D eigenvalue weighted by Crippen LogP contribution is -2.28. The zero-order valence-corrected chi connectivity index (χ0v) is 41.1. The smallest absolute Gasteiger partial charge is 0.457 e. The molecule has 0 aromatic carbocycles. The highest BCUT2D eigenvalue weighted by Gasteiger charge is 2.25. The fourth-order valence-corrected chi connectivity index (χ4v) is 6.79. The Bertz CT molecular complexity index is 1440. The minimum absolute atomic E-state index is 0.0841. The van der Waals surface area contributed by atoms with Crippen LogP contribution in [0.4, 0.5) is 0 Å². The second kappa shape index (κ2) is 50.6. The molecule has 0 aliphatic rings. The predicted octanol–water partition coefficient (Wildman–Crippen LogP) is 15.5. The van der Waals surface area contributed by atoms with Crippen LogP contribution in [0.1, 0.15) is 168 Å². The van der Waals surface area contributed by atoms with E-state index in [4.69, 9.17) is 24.3 Å². The van der Waals surface area contributed by atoms with Crippen molar-refractivity contribution in [2.75, 3.05) is 33.0 Å². The SMILES string of the molecule is CC/C=C\C/C=C\C/C=C\C/C=C\C/C=C\C/C=C\C/C=C\CCCCCC(=O)OC(COCCCCCCCCC/C=C\C/C=C\C/C=C\C/C=C\CC)COP(=O)(O)OCCN. The molecule has 0 amide bonds. The Morgan fingerprint density at radius 1 is 0.469 bits per heavy atom. The Balaban J connectivity index is 4.12. The van der Waals surface area contributed by atoms with E-state index in [1.165, 1.54) is 25.7 Å². The van der Waals surface area contributed by atoms with Crippen molar-refractivity contribution in [1.29, 1.82) is 0 Å². The van der Waals surface area contributed by atoms with Crippen molar-refractivity contribution in [3.63, 3.8) is 0 Å². The molecule has 9 heteroatoms. The van der Waals surface area contributed by atoms with Crippen LogP contribution in [0.5, 0.6) is 0 Å². The molecule has 0 aliphatic heterocycles. The fourth-order valence-electron chi connectivity index (χ4n) is 6.03. The van der Waals surface area contributed by atoms with E-state index < -0.39 is 13.9 Å². The number of phosphoric acid groups is 1. The van der Waals surface area contributed by atoms with E-state index >= 15 is 0 Å². The lowest BCUT2D eigenvalue weighted by Gasteiger charge is -2.20. The number of hydrogen-bond donors (Lipinski definition) is 2. The standard InChI is InChI=1S/C55H90NO7P/c1-3-5-7-9-11-13-15-17-19-21-23-25-26-27-28-29-30-32-34-36-38-40-42-44-46-48-55(57)63-54(53-62-64(58,59)61-51-49-56)52-60-50-47-45-43-41-39-37-35-33-31-24-22-20-18-16-14-12-10-8-6-4-2/h5-8,11-14,17-20,23-25,27-28,30-32,36,38,54H,3-4,9-10,15-16,21-22,26,29,33-35,37,39-53,56H2,1-2H3,(H,58,59)/b7-5-,8-6-,13-11-,14-12-,19-17-,20-18-,25-23-,28-27-,31-24-,32-30-,38-36-. The minimum atomic E-state index is -4.31. The van der Waals surface area contributed by atoms with Crippen molar-refractivity contribution < 1.29 is 32.8 Å². The molecule has 2 unspecified atom stereocenters. The lowest BCUT2D eigenvalue weighted by atomic mass is 10.1. The van der Waals surface area contributed by atoms with Gasteiger partial charge in [0, 0.05) is 19.6 Å². The molecule has 0 aromatic rings. The quantitative estimate of drug-likeness (QED) is 0.0268. The van der Waals surface area contributed by atoms with Crippen molar-refractivity contribution in [3.8, 4) is 0 Å². The molecule has 0 aliphatic carbocycles. The summed E-state index contributed by atoms with van der Waals surface area (Å²) in [6, 6.07) is 0. The molecule has 3 N–H and O–H groups in total. The van der Waals surface area contributed by atoms with E-state index in [2.05, 4.69) is 148 Å². The summed E-state index contributed by atoms with van der Waals surface area (Å²) in [5, 5.41) is 0. The molecule has 64 heavy (non-hydrogen) atoms. The van der Waals surface area contributed by atoms with Crippen LogP contribution in [0, 0.1) is 0 Å². The van der Waals surface area contributed by atoms with Crippen LogP contribution in [0.3, 0.4) is 0 Å². The van der Waals surface area contributed by atoms with Gasteiger partial charge in [0.1, 0.15) is 6.10 Å². The Morgan fingerprint density at radius 3 is 1.23 bits per heavy atom. The second-order valence-corrected chi connectivity index (χ2v) is 17.0. The molecule has 362 valence electrons. The molecule has 0 aromatic heterocycles. The number of allylic oxidation sites excluding steroid dienone is 22. The van der Waals surface area contributed by atoms with E-state index in [-0.39, 0.29) is 38.8 Å². The van der Waals surface area contributed by atoms with E-state index in [1.807, 2.05) is 0 Å². The molecule has 2 atom stereocenters. The average Bonchev–Trinajstić information content (AvgIpc) is 3.29. The zero-order valence-electron chi connectivity index (χ0n) is 40.2. The maximum atomic E-state index is 12.6. The van der Waals surface area contributed by atoms with Gasteiger partial charge in [0.15, 0.2) is 0 Å². The van der Waals surface area contributed by atoms with Gasteiger partial charge in [-0.1, -0.05) is 186 Å². The van der Waals surface area contributed by atoms with Gasteiger partial charge < -0.3 is 20.1 Å². The molecule has 0 saturated carbocycles. The van der Waals surface area contributed by atoms with E-state index in [0.717, 1.165) is 116 Å². The first kappa shape index (κ1) is 60.6. The van der Waals surface area contributed by atoms with Crippen molar-refractivity contribution in [2.45, 2.75) is 174 Å². The second-order valence-electron chi connectivity index (χ2n) is 15.6. The third-order valence-electron chi connectivity index (χ3n) is 9.56. The number of hydrogen-bond acceptors (Lipinski definition) is 7. The van der Waals surface area contributed by atoms with Crippen molar-refractivity contribution in [3.05, 3.63) is 134 Å². The van der Waals surface area contributed by atoms with Gasteiger partial charge in [0.2, 0.25) is 0 Å². The van der Waals surface area contributed by atoms with Crippen LogP contribution >= 0.6 is 7.82 Å². The number of esters is 1. The van der Waals surface area contributed by atoms with Crippen molar-refractivity contribution >= 4 is 13.8 Å². The highest BCUT2D eigenvalue weighted by molar-refractivity contribution is 7.47. The number of ether oxygens (including phenoxy) is 2. The highest BCUT2D eigenvalue weighted by atomic mass is 31.2. The summed E-state index contributed by atoms with van der Waals surface area (Å²) in [6.07, 6.45) is 71.9. The van der Waals surface area contributed by atoms with Crippen LogP contribution < -0.4 is 5.73 Å². The molecule has 8 nitrogen and oxygen atoms in total. The summed E-state index contributed by atoms with van der Waals surface area (Å²) in [7, 11) is -4.31. The van der Waals surface area contributed by atoms with Gasteiger partial charge >= 0.3 is 13.8 Å². The summed E-state index contributed by atoms with van der Waals surface area (Å²) < 4.78 is 33.5. The molecular formula is C55H90NO7P. The van der Waals surface area contributed by atoms with Crippen LogP contribution in [-0.2, 0) is 27.9 Å². The number of nitrogens with two attached hydrogens (primary N) is 1. The first-order valence-corrected chi connectivity index (χ1v) is 26.2. The van der Waals surface area contributed by atoms with Gasteiger partial charge in [-0.3, -0.25) is 13.8 Å². The monoisotopic (exact) mass is 908 g/mol. The van der Waals surface area contributed by atoms with E-state index in [9.17, 15) is 14.3 Å². The van der Waals surface area contributed by atoms with Gasteiger partial charge in [0.05, 0.1) is 19.8 Å². The summed E-state index contributed by atoms with van der Waals surface area (Å²) in [5.41, 5.74) is 5.38. The zero-order chi connectivity index (χ0) is 46.5. The summed E-state index contributed by atoms with van der Waals surface area (Å²) >= 11 is 0. The largest absolute Gasteiger partial charge is 0.472 e. The Kier molecular flexibility index (Phi) is 48.0.